The number of anilines is 1. The third kappa shape index (κ3) is 5.70. The van der Waals surface area contributed by atoms with Gasteiger partial charge in [-0.15, -0.1) is 0 Å². The first kappa shape index (κ1) is 27.4. The van der Waals surface area contributed by atoms with E-state index in [2.05, 4.69) is 11.4 Å². The molecule has 0 saturated carbocycles. The van der Waals surface area contributed by atoms with Crippen LogP contribution in [0.15, 0.2) is 65.8 Å². The summed E-state index contributed by atoms with van der Waals surface area (Å²) >= 11 is 6.37. The van der Waals surface area contributed by atoms with E-state index in [4.69, 9.17) is 21.8 Å². The lowest BCUT2D eigenvalue weighted by atomic mass is 9.77. The van der Waals surface area contributed by atoms with Crippen LogP contribution in [0.4, 0.5) is 10.1 Å². The molecule has 204 valence electrons. The summed E-state index contributed by atoms with van der Waals surface area (Å²) in [6.45, 7) is 0.492. The number of unbranched alkanes of at least 4 members (excludes halogenated alkanes) is 2. The van der Waals surface area contributed by atoms with Crippen LogP contribution in [0.5, 0.6) is 0 Å². The maximum Gasteiger partial charge on any atom is 0.303 e. The van der Waals surface area contributed by atoms with Crippen LogP contribution < -0.4 is 10.3 Å². The normalized spacial score (nSPS) is 17.4. The predicted molar refractivity (Wildman–Crippen MR) is 151 cm³/mol. The Morgan fingerprint density at radius 1 is 1.10 bits per heavy atom. The number of nitrogens with zero attached hydrogens (tertiary/aromatic N) is 3. The van der Waals surface area contributed by atoms with Crippen molar-refractivity contribution in [1.82, 2.24) is 5.32 Å². The molecule has 0 spiro atoms. The van der Waals surface area contributed by atoms with Gasteiger partial charge in [0, 0.05) is 30.0 Å². The molecule has 9 heteroatoms. The SMILES string of the molecule is N#Cc1ccc(N2N=C3c4ccc(C(=O)NCCCCCC(=O)O)cc4CCC3C2c2ccc(F)cc2)cc1Cl. The number of aryl methyl sites for hydroxylation is 1. The van der Waals surface area contributed by atoms with Crippen LogP contribution in [0.25, 0.3) is 0 Å². The number of halogens is 2. The fourth-order valence-electron chi connectivity index (χ4n) is 5.49. The predicted octanol–water partition coefficient (Wildman–Crippen LogP) is 6.25. The van der Waals surface area contributed by atoms with Crippen molar-refractivity contribution in [2.24, 2.45) is 11.0 Å². The summed E-state index contributed by atoms with van der Waals surface area (Å²) in [6, 6.07) is 19.2. The molecule has 5 rings (SSSR count). The van der Waals surface area contributed by atoms with Gasteiger partial charge in [0.1, 0.15) is 11.9 Å². The first-order valence-electron chi connectivity index (χ1n) is 13.3. The number of hydrogen-bond donors (Lipinski definition) is 2. The summed E-state index contributed by atoms with van der Waals surface area (Å²) < 4.78 is 13.8. The largest absolute Gasteiger partial charge is 0.481 e. The Balaban J connectivity index is 1.39. The molecule has 1 heterocycles. The fourth-order valence-corrected chi connectivity index (χ4v) is 5.71. The number of benzene rings is 3. The van der Waals surface area contributed by atoms with E-state index in [1.807, 2.05) is 23.2 Å². The minimum Gasteiger partial charge on any atom is -0.481 e. The topological polar surface area (TPSA) is 106 Å². The Morgan fingerprint density at radius 2 is 1.90 bits per heavy atom. The van der Waals surface area contributed by atoms with Crippen LogP contribution >= 0.6 is 11.6 Å². The van der Waals surface area contributed by atoms with Gasteiger partial charge >= 0.3 is 5.97 Å². The van der Waals surface area contributed by atoms with Gasteiger partial charge in [-0.05, 0) is 79.3 Å². The first-order chi connectivity index (χ1) is 19.4. The maximum atomic E-state index is 13.8. The van der Waals surface area contributed by atoms with E-state index in [1.54, 1.807) is 30.3 Å². The third-order valence-electron chi connectivity index (χ3n) is 7.48. The molecule has 1 amide bonds. The lowest BCUT2D eigenvalue weighted by molar-refractivity contribution is -0.137. The van der Waals surface area contributed by atoms with E-state index in [1.165, 1.54) is 12.1 Å². The van der Waals surface area contributed by atoms with Crippen LogP contribution in [0.2, 0.25) is 5.02 Å². The van der Waals surface area contributed by atoms with Crippen molar-refractivity contribution in [2.75, 3.05) is 11.6 Å². The lowest BCUT2D eigenvalue weighted by Crippen LogP contribution is -2.29. The van der Waals surface area contributed by atoms with Crippen LogP contribution in [0.3, 0.4) is 0 Å². The molecule has 2 unspecified atom stereocenters. The van der Waals surface area contributed by atoms with Crippen molar-refractivity contribution in [3.05, 3.63) is 99.3 Å². The van der Waals surface area contributed by atoms with Crippen LogP contribution in [0, 0.1) is 23.1 Å². The van der Waals surface area contributed by atoms with E-state index >= 15 is 0 Å². The average Bonchev–Trinajstić information content (AvgIpc) is 3.34. The number of amides is 1. The Hall–Kier alpha value is -4.22. The van der Waals surface area contributed by atoms with Gasteiger partial charge in [0.25, 0.3) is 5.91 Å². The van der Waals surface area contributed by atoms with E-state index < -0.39 is 5.97 Å². The van der Waals surface area contributed by atoms with E-state index in [0.29, 0.717) is 29.1 Å². The molecule has 40 heavy (non-hydrogen) atoms. The number of nitriles is 1. The van der Waals surface area contributed by atoms with E-state index in [0.717, 1.165) is 53.8 Å². The molecule has 0 saturated heterocycles. The minimum atomic E-state index is -0.806. The zero-order chi connectivity index (χ0) is 28.2. The van der Waals surface area contributed by atoms with Crippen molar-refractivity contribution in [2.45, 2.75) is 44.6 Å². The van der Waals surface area contributed by atoms with Crippen molar-refractivity contribution < 1.29 is 19.1 Å². The number of carboxylic acids is 1. The number of hydrazone groups is 1. The van der Waals surface area contributed by atoms with Crippen molar-refractivity contribution >= 4 is 34.9 Å². The number of aliphatic carboxylic acids is 1. The van der Waals surface area contributed by atoms with Gasteiger partial charge in [-0.1, -0.05) is 36.2 Å². The second-order valence-corrected chi connectivity index (χ2v) is 10.5. The van der Waals surface area contributed by atoms with Gasteiger partial charge in [-0.2, -0.15) is 10.4 Å². The zero-order valence-electron chi connectivity index (χ0n) is 21.7. The van der Waals surface area contributed by atoms with Crippen LogP contribution in [-0.2, 0) is 11.2 Å². The second kappa shape index (κ2) is 11.9. The van der Waals surface area contributed by atoms with Crippen molar-refractivity contribution in [3.63, 3.8) is 0 Å². The molecule has 3 aromatic rings. The Labute approximate surface area is 236 Å². The molecule has 3 aromatic carbocycles. The molecule has 0 fully saturated rings. The quantitative estimate of drug-likeness (QED) is 0.302. The lowest BCUT2D eigenvalue weighted by Gasteiger charge is -2.31. The van der Waals surface area contributed by atoms with E-state index in [-0.39, 0.29) is 30.1 Å². The van der Waals surface area contributed by atoms with Gasteiger partial charge in [-0.25, -0.2) is 4.39 Å². The molecule has 1 aliphatic heterocycles. The molecule has 2 aliphatic rings. The standard InChI is InChI=1S/C31H28ClFN4O3/c32-27-17-24(12-7-22(27)18-34)37-30(19-5-10-23(33)11-6-19)26-14-8-20-16-21(9-13-25(20)29(26)36-37)31(40)35-15-3-1-2-4-28(38)39/h5-7,9-13,16-17,26,30H,1-4,8,14-15H2,(H,35,40)(H,38,39). The molecular weight excluding hydrogens is 531 g/mol. The highest BCUT2D eigenvalue weighted by atomic mass is 35.5. The highest BCUT2D eigenvalue weighted by Gasteiger charge is 2.42. The Bertz CT molecular complexity index is 1520. The van der Waals surface area contributed by atoms with Gasteiger partial charge < -0.3 is 10.4 Å². The van der Waals surface area contributed by atoms with Crippen molar-refractivity contribution in [3.8, 4) is 6.07 Å². The second-order valence-electron chi connectivity index (χ2n) is 10.1. The summed E-state index contributed by atoms with van der Waals surface area (Å²) in [6.07, 6.45) is 3.76. The summed E-state index contributed by atoms with van der Waals surface area (Å²) in [5, 5.41) is 28.2. The molecule has 0 aromatic heterocycles. The number of carbonyl (C=O) groups excluding carboxylic acids is 1. The maximum absolute atomic E-state index is 13.8. The summed E-state index contributed by atoms with van der Waals surface area (Å²) in [5.74, 6) is -1.23. The third-order valence-corrected chi connectivity index (χ3v) is 7.79. The fraction of sp³-hybridized carbons (Fsp3) is 0.290. The molecule has 0 bridgehead atoms. The zero-order valence-corrected chi connectivity index (χ0v) is 22.5. The number of nitrogens with one attached hydrogen (secondary N) is 1. The highest BCUT2D eigenvalue weighted by molar-refractivity contribution is 6.32. The van der Waals surface area contributed by atoms with Crippen molar-refractivity contribution in [1.29, 1.82) is 5.26 Å². The summed E-state index contributed by atoms with van der Waals surface area (Å²) in [7, 11) is 0. The number of hydrogen-bond acceptors (Lipinski definition) is 5. The first-order valence-corrected chi connectivity index (χ1v) is 13.7. The number of fused-ring (bicyclic) bond motifs is 3. The van der Waals surface area contributed by atoms with Crippen LogP contribution in [0.1, 0.15) is 70.8 Å². The number of carbonyl (C=O) groups is 2. The summed E-state index contributed by atoms with van der Waals surface area (Å²) in [5.41, 5.74) is 5.55. The molecule has 1 aliphatic carbocycles. The van der Waals surface area contributed by atoms with Gasteiger partial charge in [0.15, 0.2) is 0 Å². The molecule has 2 N–H and O–H groups in total. The smallest absolute Gasteiger partial charge is 0.303 e. The highest BCUT2D eigenvalue weighted by Crippen LogP contribution is 2.46. The van der Waals surface area contributed by atoms with Gasteiger partial charge in [0.05, 0.1) is 28.0 Å². The van der Waals surface area contributed by atoms with Gasteiger partial charge in [-0.3, -0.25) is 14.6 Å². The number of carboxylic acid groups (broad SMARTS) is 1. The molecule has 7 nitrogen and oxygen atoms in total. The Kier molecular flexibility index (Phi) is 8.13. The summed E-state index contributed by atoms with van der Waals surface area (Å²) in [4.78, 5) is 23.4. The minimum absolute atomic E-state index is 0.0397. The number of rotatable bonds is 9. The average molecular weight is 559 g/mol. The molecule has 2 atom stereocenters. The van der Waals surface area contributed by atoms with Gasteiger partial charge in [0.2, 0.25) is 0 Å². The van der Waals surface area contributed by atoms with E-state index in [9.17, 15) is 19.2 Å². The van der Waals surface area contributed by atoms with Crippen LogP contribution in [-0.4, -0.2) is 29.2 Å². The Morgan fingerprint density at radius 3 is 2.62 bits per heavy atom. The monoisotopic (exact) mass is 558 g/mol. The molecular formula is C31H28ClFN4O3. The molecule has 0 radical (unpaired) electrons.